The van der Waals surface area contributed by atoms with E-state index < -0.39 is 12.1 Å². The number of aromatic nitrogens is 1. The molecule has 2 aromatic carbocycles. The highest BCUT2D eigenvalue weighted by Crippen LogP contribution is 2.33. The maximum absolute atomic E-state index is 12.5. The number of halogens is 1. The number of Topliss-reactive ketones (excluding diaryl/α,β-unsaturated/α-hetero) is 1. The molecule has 3 unspecified atom stereocenters. The quantitative estimate of drug-likeness (QED) is 0.127. The number of benzene rings is 2. The van der Waals surface area contributed by atoms with E-state index in [2.05, 4.69) is 24.0 Å². The van der Waals surface area contributed by atoms with Gasteiger partial charge in [-0.15, -0.1) is 0 Å². The molecule has 1 aliphatic rings. The molecule has 1 aliphatic carbocycles. The van der Waals surface area contributed by atoms with Crippen LogP contribution in [0.3, 0.4) is 0 Å². The largest absolute Gasteiger partial charge is 0.511 e. The van der Waals surface area contributed by atoms with E-state index in [9.17, 15) is 14.7 Å². The molecule has 4 rings (SSSR count). The smallest absolute Gasteiger partial charge is 0.400 e. The Kier molecular flexibility index (Phi) is 14.1. The highest BCUT2D eigenvalue weighted by atomic mass is 35.5. The molecule has 3 aromatic rings. The summed E-state index contributed by atoms with van der Waals surface area (Å²) in [5.41, 5.74) is 2.17. The number of aliphatic hydroxyl groups is 1. The van der Waals surface area contributed by atoms with Crippen LogP contribution in [0, 0.1) is 5.92 Å². The molecule has 0 bridgehead atoms. The van der Waals surface area contributed by atoms with Crippen molar-refractivity contribution < 1.29 is 38.5 Å². The van der Waals surface area contributed by atoms with Gasteiger partial charge in [0.1, 0.15) is 29.4 Å². The first-order chi connectivity index (χ1) is 21.5. The summed E-state index contributed by atoms with van der Waals surface area (Å²) in [5.74, 6) is 1.40. The SMILES string of the molecule is CC(Oc1ccc(Oc2nc3ccc(Cl)cc3o2)cc1)C(=O)O.CCC/C(=N\OCC)C1=C(O)CC(CC(C)SCC)CC1=O. The van der Waals surface area contributed by atoms with Crippen LogP contribution in [0.2, 0.25) is 5.02 Å². The molecule has 0 amide bonds. The zero-order valence-corrected chi connectivity index (χ0v) is 27.8. The van der Waals surface area contributed by atoms with Gasteiger partial charge in [0.05, 0.1) is 11.3 Å². The van der Waals surface area contributed by atoms with E-state index in [1.54, 1.807) is 42.5 Å². The summed E-state index contributed by atoms with van der Waals surface area (Å²) in [5, 5.41) is 24.3. The number of oxime groups is 1. The van der Waals surface area contributed by atoms with Crippen LogP contribution in [0.25, 0.3) is 11.1 Å². The standard InChI is InChI=1S/C17H29NO3S.C16H12ClNO5/c1-5-8-14(18-21-6-2)17-15(19)10-13(11-16(17)20)9-12(4)22-7-3;1-9(15(19)20)21-11-3-5-12(6-4-11)22-16-18-13-7-2-10(17)8-14(13)23-16/h12-13,19H,5-11H2,1-4H3;2-9H,1H3,(H,19,20)/b18-14+;. The first kappa shape index (κ1) is 35.8. The van der Waals surface area contributed by atoms with Crippen LogP contribution >= 0.6 is 23.4 Å². The molecular formula is C33H41ClN2O8S. The summed E-state index contributed by atoms with van der Waals surface area (Å²) >= 11 is 7.79. The lowest BCUT2D eigenvalue weighted by molar-refractivity contribution is -0.144. The zero-order chi connectivity index (χ0) is 32.9. The van der Waals surface area contributed by atoms with E-state index in [-0.39, 0.29) is 23.5 Å². The molecule has 3 atom stereocenters. The maximum Gasteiger partial charge on any atom is 0.400 e. The number of thioether (sulfide) groups is 1. The predicted octanol–water partition coefficient (Wildman–Crippen LogP) is 8.63. The van der Waals surface area contributed by atoms with E-state index in [0.29, 0.717) is 70.0 Å². The lowest BCUT2D eigenvalue weighted by Gasteiger charge is -2.25. The first-order valence-corrected chi connectivity index (χ1v) is 16.5. The van der Waals surface area contributed by atoms with Crippen LogP contribution in [0.1, 0.15) is 66.7 Å². The number of carboxylic acid groups (broad SMARTS) is 1. The van der Waals surface area contributed by atoms with E-state index >= 15 is 0 Å². The number of aliphatic hydroxyl groups excluding tert-OH is 1. The Morgan fingerprint density at radius 1 is 1.13 bits per heavy atom. The molecule has 12 heteroatoms. The number of fused-ring (bicyclic) bond motifs is 1. The number of allylic oxidation sites excluding steroid dienone is 2. The number of carbonyl (C=O) groups excluding carboxylic acids is 1. The summed E-state index contributed by atoms with van der Waals surface area (Å²) in [6, 6.07) is 11.6. The Hall–Kier alpha value is -3.70. The van der Waals surface area contributed by atoms with Crippen LogP contribution < -0.4 is 9.47 Å². The predicted molar refractivity (Wildman–Crippen MR) is 177 cm³/mol. The van der Waals surface area contributed by atoms with Crippen molar-refractivity contribution in [1.82, 2.24) is 4.98 Å². The van der Waals surface area contributed by atoms with Gasteiger partial charge in [0.15, 0.2) is 17.5 Å². The average molecular weight is 661 g/mol. The molecule has 0 aliphatic heterocycles. The van der Waals surface area contributed by atoms with Crippen molar-refractivity contribution in [3.63, 3.8) is 0 Å². The number of carbonyl (C=O) groups is 2. The van der Waals surface area contributed by atoms with Crippen LogP contribution in [0.5, 0.6) is 17.6 Å². The second kappa shape index (κ2) is 17.7. The number of ketones is 1. The molecular weight excluding hydrogens is 620 g/mol. The van der Waals surface area contributed by atoms with Gasteiger partial charge < -0.3 is 28.9 Å². The first-order valence-electron chi connectivity index (χ1n) is 15.0. The van der Waals surface area contributed by atoms with Gasteiger partial charge in [0.2, 0.25) is 0 Å². The molecule has 1 aromatic heterocycles. The van der Waals surface area contributed by atoms with Gasteiger partial charge in [0, 0.05) is 29.2 Å². The fourth-order valence-corrected chi connectivity index (χ4v) is 5.89. The highest BCUT2D eigenvalue weighted by Gasteiger charge is 2.31. The number of aliphatic carboxylic acids is 1. The Balaban J connectivity index is 0.000000246. The van der Waals surface area contributed by atoms with Crippen molar-refractivity contribution in [1.29, 1.82) is 0 Å². The van der Waals surface area contributed by atoms with Crippen molar-refractivity contribution in [3.05, 3.63) is 58.8 Å². The maximum atomic E-state index is 12.5. The molecule has 0 spiro atoms. The van der Waals surface area contributed by atoms with E-state index in [1.165, 1.54) is 6.92 Å². The van der Waals surface area contributed by atoms with Gasteiger partial charge in [-0.3, -0.25) is 4.79 Å². The molecule has 10 nitrogen and oxygen atoms in total. The lowest BCUT2D eigenvalue weighted by atomic mass is 9.82. The minimum Gasteiger partial charge on any atom is -0.511 e. The zero-order valence-electron chi connectivity index (χ0n) is 26.2. The van der Waals surface area contributed by atoms with Crippen molar-refractivity contribution in [2.45, 2.75) is 78.1 Å². The second-order valence-corrected chi connectivity index (χ2v) is 12.6. The summed E-state index contributed by atoms with van der Waals surface area (Å²) in [6.07, 6.45) is 2.72. The van der Waals surface area contributed by atoms with Crippen molar-refractivity contribution >= 4 is 51.9 Å². The van der Waals surface area contributed by atoms with Crippen molar-refractivity contribution in [2.75, 3.05) is 12.4 Å². The fourth-order valence-electron chi connectivity index (χ4n) is 4.75. The second-order valence-electron chi connectivity index (χ2n) is 10.5. The minimum atomic E-state index is -1.03. The van der Waals surface area contributed by atoms with Crippen LogP contribution in [0.15, 0.2) is 63.4 Å². The summed E-state index contributed by atoms with van der Waals surface area (Å²) in [7, 11) is 0. The lowest BCUT2D eigenvalue weighted by Crippen LogP contribution is -2.26. The van der Waals surface area contributed by atoms with Gasteiger partial charge in [-0.25, -0.2) is 4.79 Å². The third kappa shape index (κ3) is 11.0. The topological polar surface area (TPSA) is 141 Å². The van der Waals surface area contributed by atoms with E-state index in [1.807, 2.05) is 25.6 Å². The summed E-state index contributed by atoms with van der Waals surface area (Å²) in [6.45, 7) is 10.1. The Morgan fingerprint density at radius 3 is 2.47 bits per heavy atom. The van der Waals surface area contributed by atoms with Crippen LogP contribution in [-0.2, 0) is 14.4 Å². The monoisotopic (exact) mass is 660 g/mol. The average Bonchev–Trinajstić information content (AvgIpc) is 3.38. The number of carboxylic acids is 1. The normalized spacial score (nSPS) is 16.5. The summed E-state index contributed by atoms with van der Waals surface area (Å²) in [4.78, 5) is 32.5. The third-order valence-electron chi connectivity index (χ3n) is 6.74. The molecule has 2 N–H and O–H groups in total. The van der Waals surface area contributed by atoms with Crippen LogP contribution in [-0.4, -0.2) is 56.4 Å². The Morgan fingerprint density at radius 2 is 1.84 bits per heavy atom. The molecule has 45 heavy (non-hydrogen) atoms. The van der Waals surface area contributed by atoms with Crippen molar-refractivity contribution in [3.8, 4) is 17.6 Å². The van der Waals surface area contributed by atoms with E-state index in [0.717, 1.165) is 18.6 Å². The Labute approximate surface area is 272 Å². The number of oxazole rings is 1. The van der Waals surface area contributed by atoms with E-state index in [4.69, 9.17) is 35.4 Å². The number of nitrogens with zero attached hydrogens (tertiary/aromatic N) is 2. The van der Waals surface area contributed by atoms with Gasteiger partial charge >= 0.3 is 12.0 Å². The third-order valence-corrected chi connectivity index (χ3v) is 8.07. The van der Waals surface area contributed by atoms with Gasteiger partial charge in [-0.1, -0.05) is 43.9 Å². The van der Waals surface area contributed by atoms with Crippen molar-refractivity contribution in [2.24, 2.45) is 11.1 Å². The van der Waals surface area contributed by atoms with Gasteiger partial charge in [-0.2, -0.15) is 16.7 Å². The minimum absolute atomic E-state index is 0.00866. The van der Waals surface area contributed by atoms with Gasteiger partial charge in [0.25, 0.3) is 0 Å². The number of hydrogen-bond donors (Lipinski definition) is 2. The fraction of sp³-hybridized carbons (Fsp3) is 0.455. The molecule has 1 heterocycles. The number of ether oxygens (including phenoxy) is 2. The molecule has 0 fully saturated rings. The van der Waals surface area contributed by atoms with Crippen LogP contribution in [0.4, 0.5) is 0 Å². The molecule has 0 saturated heterocycles. The molecule has 0 saturated carbocycles. The number of rotatable bonds is 14. The summed E-state index contributed by atoms with van der Waals surface area (Å²) < 4.78 is 16.2. The number of hydrogen-bond acceptors (Lipinski definition) is 10. The van der Waals surface area contributed by atoms with Gasteiger partial charge in [-0.05, 0) is 74.8 Å². The highest BCUT2D eigenvalue weighted by molar-refractivity contribution is 7.99. The molecule has 244 valence electrons. The Bertz CT molecular complexity index is 1490. The molecule has 0 radical (unpaired) electrons.